The van der Waals surface area contributed by atoms with Crippen molar-refractivity contribution in [1.82, 2.24) is 9.97 Å². The van der Waals surface area contributed by atoms with E-state index in [2.05, 4.69) is 9.97 Å². The van der Waals surface area contributed by atoms with Crippen molar-refractivity contribution < 1.29 is 0 Å². The molecule has 108 valence electrons. The van der Waals surface area contributed by atoms with Crippen LogP contribution in [0.3, 0.4) is 0 Å². The van der Waals surface area contributed by atoms with Crippen LogP contribution in [0.1, 0.15) is 46.0 Å². The molecule has 0 saturated carbocycles. The first-order chi connectivity index (χ1) is 9.74. The molecule has 1 N–H and O–H groups in total. The number of benzene rings is 1. The average molecular weight is 271 g/mol. The van der Waals surface area contributed by atoms with Gasteiger partial charge in [-0.25, -0.2) is 9.97 Å². The van der Waals surface area contributed by atoms with Gasteiger partial charge < -0.3 is 5.41 Å². The lowest BCUT2D eigenvalue weighted by atomic mass is 10.1. The van der Waals surface area contributed by atoms with Gasteiger partial charge in [-0.2, -0.15) is 0 Å². The summed E-state index contributed by atoms with van der Waals surface area (Å²) in [6.45, 7) is 11.8. The minimum Gasteiger partial charge on any atom is -0.308 e. The minimum absolute atomic E-state index is 0.765. The van der Waals surface area contributed by atoms with E-state index in [9.17, 15) is 0 Å². The normalized spacial score (nSPS) is 10.0. The Morgan fingerprint density at radius 2 is 1.80 bits per heavy atom. The molecule has 0 bridgehead atoms. The Hall–Kier alpha value is -2.03. The molecule has 0 radical (unpaired) electrons. The lowest BCUT2D eigenvalue weighted by Crippen LogP contribution is -1.90. The quantitative estimate of drug-likeness (QED) is 0.777. The smallest absolute Gasteiger partial charge is 0.125 e. The summed E-state index contributed by atoms with van der Waals surface area (Å²) in [4.78, 5) is 8.53. The fraction of sp³-hybridized carbons (Fsp3) is 0.353. The van der Waals surface area contributed by atoms with Crippen molar-refractivity contribution in [2.24, 2.45) is 0 Å². The molecule has 0 unspecified atom stereocenters. The van der Waals surface area contributed by atoms with Gasteiger partial charge in [0.25, 0.3) is 0 Å². The number of aryl methyl sites for hydroxylation is 1. The first-order valence-electron chi connectivity index (χ1n) is 7.15. The van der Waals surface area contributed by atoms with Crippen LogP contribution in [0.5, 0.6) is 0 Å². The Bertz CT molecular complexity index is 571. The number of fused-ring (bicyclic) bond motifs is 1. The van der Waals surface area contributed by atoms with Crippen molar-refractivity contribution in [3.63, 3.8) is 0 Å². The average Bonchev–Trinajstić information content (AvgIpc) is 2.52. The van der Waals surface area contributed by atoms with Crippen LogP contribution in [-0.2, 0) is 0 Å². The molecule has 1 aromatic carbocycles. The fourth-order valence-corrected chi connectivity index (χ4v) is 1.63. The van der Waals surface area contributed by atoms with Crippen LogP contribution in [0.2, 0.25) is 0 Å². The van der Waals surface area contributed by atoms with Crippen LogP contribution in [0, 0.1) is 12.3 Å². The van der Waals surface area contributed by atoms with Crippen LogP contribution in [0.25, 0.3) is 16.5 Å². The summed E-state index contributed by atoms with van der Waals surface area (Å²) in [6, 6.07) is 5.96. The van der Waals surface area contributed by atoms with Crippen molar-refractivity contribution in [3.8, 4) is 0 Å². The van der Waals surface area contributed by atoms with E-state index in [-0.39, 0.29) is 0 Å². The Balaban J connectivity index is 0.000000829. The number of hydrogen-bond acceptors (Lipinski definition) is 3. The van der Waals surface area contributed by atoms with E-state index < -0.39 is 0 Å². The van der Waals surface area contributed by atoms with Gasteiger partial charge in [0.2, 0.25) is 0 Å². The molecule has 3 heteroatoms. The van der Waals surface area contributed by atoms with Gasteiger partial charge in [0.05, 0.1) is 5.52 Å². The highest BCUT2D eigenvalue weighted by Crippen LogP contribution is 2.18. The molecule has 0 fully saturated rings. The van der Waals surface area contributed by atoms with E-state index in [1.807, 2.05) is 72.0 Å². The summed E-state index contributed by atoms with van der Waals surface area (Å²) in [5, 5.41) is 8.34. The lowest BCUT2D eigenvalue weighted by Gasteiger charge is -2.03. The number of hydrogen-bond donors (Lipinski definition) is 1. The first kappa shape index (κ1) is 18.0. The molecular weight excluding hydrogens is 246 g/mol. The predicted molar refractivity (Wildman–Crippen MR) is 89.4 cm³/mol. The zero-order valence-electron chi connectivity index (χ0n) is 13.4. The van der Waals surface area contributed by atoms with Gasteiger partial charge in [-0.3, -0.25) is 0 Å². The zero-order valence-corrected chi connectivity index (χ0v) is 13.4. The van der Waals surface area contributed by atoms with Gasteiger partial charge in [-0.15, -0.1) is 0 Å². The molecule has 0 spiro atoms. The summed E-state index contributed by atoms with van der Waals surface area (Å²) in [5.41, 5.74) is 2.84. The number of nitrogens with zero attached hydrogens (tertiary/aromatic N) is 2. The summed E-state index contributed by atoms with van der Waals surface area (Å²) in [5.74, 6) is 0.765. The molecule has 2 rings (SSSR count). The maximum atomic E-state index is 7.32. The van der Waals surface area contributed by atoms with Crippen LogP contribution in [0.15, 0.2) is 30.5 Å². The van der Waals surface area contributed by atoms with E-state index >= 15 is 0 Å². The predicted octanol–water partition coefficient (Wildman–Crippen LogP) is 5.04. The van der Waals surface area contributed by atoms with Gasteiger partial charge in [-0.05, 0) is 31.1 Å². The van der Waals surface area contributed by atoms with Crippen LogP contribution in [-0.4, -0.2) is 16.2 Å². The monoisotopic (exact) mass is 271 g/mol. The summed E-state index contributed by atoms with van der Waals surface area (Å²) in [7, 11) is 0. The number of aromatic nitrogens is 2. The van der Waals surface area contributed by atoms with Gasteiger partial charge in [-0.1, -0.05) is 45.9 Å². The largest absolute Gasteiger partial charge is 0.308 e. The van der Waals surface area contributed by atoms with Crippen molar-refractivity contribution in [2.75, 3.05) is 0 Å². The van der Waals surface area contributed by atoms with Crippen LogP contribution >= 0.6 is 0 Å². The standard InChI is InChI=1S/C13H13N3.2C2H6/c1-3-10(7-14)11-4-5-12-8-15-9(2)16-13(12)6-11;2*1-2/h3-8,14H,1-2H3;2*1-2H3/b10-3+,14-7?;;. The Kier molecular flexibility index (Phi) is 8.84. The van der Waals surface area contributed by atoms with Gasteiger partial charge >= 0.3 is 0 Å². The molecule has 0 saturated heterocycles. The highest BCUT2D eigenvalue weighted by molar-refractivity contribution is 6.09. The zero-order chi connectivity index (χ0) is 15.5. The molecule has 20 heavy (non-hydrogen) atoms. The third-order valence-electron chi connectivity index (χ3n) is 2.50. The third kappa shape index (κ3) is 4.57. The number of rotatable bonds is 2. The van der Waals surface area contributed by atoms with E-state index in [1.165, 1.54) is 6.21 Å². The highest BCUT2D eigenvalue weighted by Gasteiger charge is 2.01. The lowest BCUT2D eigenvalue weighted by molar-refractivity contribution is 1.09. The number of allylic oxidation sites excluding steroid dienone is 2. The summed E-state index contributed by atoms with van der Waals surface area (Å²) < 4.78 is 0. The first-order valence-corrected chi connectivity index (χ1v) is 7.15. The molecule has 2 aromatic rings. The summed E-state index contributed by atoms with van der Waals surface area (Å²) >= 11 is 0. The fourth-order valence-electron chi connectivity index (χ4n) is 1.63. The molecule has 0 aliphatic heterocycles. The van der Waals surface area contributed by atoms with Gasteiger partial charge in [0, 0.05) is 17.8 Å². The molecular formula is C17H25N3. The topological polar surface area (TPSA) is 49.6 Å². The van der Waals surface area contributed by atoms with E-state index in [4.69, 9.17) is 5.41 Å². The second-order valence-electron chi connectivity index (χ2n) is 3.58. The van der Waals surface area contributed by atoms with Gasteiger partial charge in [0.1, 0.15) is 5.82 Å². The second kappa shape index (κ2) is 9.84. The SMILES string of the molecule is C/C=C(\C=N)c1ccc2cnc(C)nc2c1.CC.CC. The maximum absolute atomic E-state index is 7.32. The van der Waals surface area contributed by atoms with Crippen molar-refractivity contribution in [1.29, 1.82) is 5.41 Å². The van der Waals surface area contributed by atoms with Crippen LogP contribution < -0.4 is 0 Å². The molecule has 0 amide bonds. The van der Waals surface area contributed by atoms with E-state index in [0.717, 1.165) is 27.9 Å². The van der Waals surface area contributed by atoms with Crippen molar-refractivity contribution >= 4 is 22.7 Å². The Morgan fingerprint density at radius 3 is 2.35 bits per heavy atom. The summed E-state index contributed by atoms with van der Waals surface area (Å²) in [6.07, 6.45) is 5.10. The minimum atomic E-state index is 0.765. The molecule has 0 aliphatic carbocycles. The van der Waals surface area contributed by atoms with Crippen molar-refractivity contribution in [3.05, 3.63) is 41.9 Å². The Labute approximate surface area is 122 Å². The molecule has 1 heterocycles. The molecule has 0 aliphatic rings. The van der Waals surface area contributed by atoms with E-state index in [1.54, 1.807) is 0 Å². The van der Waals surface area contributed by atoms with Gasteiger partial charge in [0.15, 0.2) is 0 Å². The number of nitrogens with one attached hydrogen (secondary N) is 1. The molecule has 1 aromatic heterocycles. The van der Waals surface area contributed by atoms with Crippen LogP contribution in [0.4, 0.5) is 0 Å². The second-order valence-corrected chi connectivity index (χ2v) is 3.58. The van der Waals surface area contributed by atoms with E-state index in [0.29, 0.717) is 0 Å². The molecule has 3 nitrogen and oxygen atoms in total. The third-order valence-corrected chi connectivity index (χ3v) is 2.50. The highest BCUT2D eigenvalue weighted by atomic mass is 14.9. The van der Waals surface area contributed by atoms with Crippen molar-refractivity contribution in [2.45, 2.75) is 41.5 Å². The molecule has 0 atom stereocenters. The maximum Gasteiger partial charge on any atom is 0.125 e. The Morgan fingerprint density at radius 1 is 1.15 bits per heavy atom.